The molecule has 2 fully saturated rings. The van der Waals surface area contributed by atoms with Crippen LogP contribution in [0.25, 0.3) is 0 Å². The van der Waals surface area contributed by atoms with Crippen molar-refractivity contribution in [3.8, 4) is 0 Å². The van der Waals surface area contributed by atoms with Crippen molar-refractivity contribution in [2.24, 2.45) is 18.9 Å². The van der Waals surface area contributed by atoms with Gasteiger partial charge in [-0.3, -0.25) is 14.4 Å². The molecule has 1 aliphatic carbocycles. The number of aromatic nitrogens is 2. The van der Waals surface area contributed by atoms with Crippen molar-refractivity contribution in [1.29, 1.82) is 0 Å². The molecule has 2 aliphatic rings. The van der Waals surface area contributed by atoms with E-state index in [9.17, 15) is 18.0 Å². The molecule has 0 aromatic carbocycles. The topological polar surface area (TPSA) is 50.2 Å². The monoisotopic (exact) mass is 344 g/mol. The van der Waals surface area contributed by atoms with Gasteiger partial charge >= 0.3 is 6.18 Å². The first-order valence-electron chi connectivity index (χ1n) is 8.29. The maximum absolute atomic E-state index is 12.4. The maximum atomic E-state index is 12.4. The molecule has 1 saturated heterocycles. The van der Waals surface area contributed by atoms with Gasteiger partial charge in [0.15, 0.2) is 0 Å². The summed E-state index contributed by atoms with van der Waals surface area (Å²) in [6, 6.07) is -0.190. The van der Waals surface area contributed by atoms with Crippen LogP contribution in [0.15, 0.2) is 6.20 Å². The molecule has 1 aliphatic heterocycles. The van der Waals surface area contributed by atoms with Gasteiger partial charge in [-0.2, -0.15) is 18.3 Å². The Balaban J connectivity index is 1.62. The van der Waals surface area contributed by atoms with Gasteiger partial charge in [0.1, 0.15) is 6.42 Å². The number of hydrogen-bond acceptors (Lipinski definition) is 3. The van der Waals surface area contributed by atoms with Crippen LogP contribution < -0.4 is 5.32 Å². The van der Waals surface area contributed by atoms with Gasteiger partial charge < -0.3 is 5.32 Å². The van der Waals surface area contributed by atoms with Crippen molar-refractivity contribution in [2.75, 3.05) is 13.1 Å². The minimum absolute atomic E-state index is 0.190. The summed E-state index contributed by atoms with van der Waals surface area (Å²) in [5, 5.41) is 6.85. The predicted molar refractivity (Wildman–Crippen MR) is 82.0 cm³/mol. The molecule has 5 nitrogen and oxygen atoms in total. The van der Waals surface area contributed by atoms with Crippen molar-refractivity contribution in [1.82, 2.24) is 20.0 Å². The SMILES string of the molecule is Cc1c(CN2C[C@@H](NC(=O)CC(F)(F)F)[C@H](C3CC3)C2)cnn1C. The van der Waals surface area contributed by atoms with E-state index in [-0.39, 0.29) is 12.0 Å². The summed E-state index contributed by atoms with van der Waals surface area (Å²) in [6.45, 7) is 4.13. The highest BCUT2D eigenvalue weighted by molar-refractivity contribution is 5.77. The zero-order chi connectivity index (χ0) is 17.5. The van der Waals surface area contributed by atoms with Gasteiger partial charge in [0.2, 0.25) is 5.91 Å². The molecule has 1 aromatic heterocycles. The Morgan fingerprint density at radius 1 is 1.38 bits per heavy atom. The summed E-state index contributed by atoms with van der Waals surface area (Å²) >= 11 is 0. The minimum Gasteiger partial charge on any atom is -0.351 e. The minimum atomic E-state index is -4.45. The van der Waals surface area contributed by atoms with E-state index in [1.165, 1.54) is 0 Å². The van der Waals surface area contributed by atoms with Crippen molar-refractivity contribution in [3.63, 3.8) is 0 Å². The lowest BCUT2D eigenvalue weighted by Gasteiger charge is -2.20. The van der Waals surface area contributed by atoms with E-state index in [0.717, 1.165) is 30.6 Å². The number of halogens is 3. The van der Waals surface area contributed by atoms with Gasteiger partial charge in [-0.05, 0) is 31.6 Å². The van der Waals surface area contributed by atoms with Crippen LogP contribution in [-0.2, 0) is 18.4 Å². The highest BCUT2D eigenvalue weighted by Gasteiger charge is 2.43. The Hall–Kier alpha value is -1.57. The quantitative estimate of drug-likeness (QED) is 0.889. The van der Waals surface area contributed by atoms with Crippen molar-refractivity contribution >= 4 is 5.91 Å². The van der Waals surface area contributed by atoms with Gasteiger partial charge in [-0.25, -0.2) is 0 Å². The Labute approximate surface area is 139 Å². The molecule has 8 heteroatoms. The normalized spacial score (nSPS) is 25.2. The maximum Gasteiger partial charge on any atom is 0.397 e. The number of nitrogens with one attached hydrogen (secondary N) is 1. The number of aryl methyl sites for hydroxylation is 1. The summed E-state index contributed by atoms with van der Waals surface area (Å²) in [6.07, 6.45) is -1.81. The number of amides is 1. The second-order valence-corrected chi connectivity index (χ2v) is 7.04. The number of alkyl halides is 3. The van der Waals surface area contributed by atoms with Crippen LogP contribution in [0.1, 0.15) is 30.5 Å². The Morgan fingerprint density at radius 2 is 2.08 bits per heavy atom. The van der Waals surface area contributed by atoms with Crippen LogP contribution in [0.2, 0.25) is 0 Å². The van der Waals surface area contributed by atoms with Crippen LogP contribution in [0, 0.1) is 18.8 Å². The number of carbonyl (C=O) groups is 1. The average Bonchev–Trinajstić information content (AvgIpc) is 3.16. The molecular weight excluding hydrogens is 321 g/mol. The number of carbonyl (C=O) groups excluding carboxylic acids is 1. The largest absolute Gasteiger partial charge is 0.397 e. The van der Waals surface area contributed by atoms with Crippen LogP contribution in [0.5, 0.6) is 0 Å². The van der Waals surface area contributed by atoms with Crippen LogP contribution in [0.3, 0.4) is 0 Å². The van der Waals surface area contributed by atoms with Crippen molar-refractivity contribution in [3.05, 3.63) is 17.5 Å². The lowest BCUT2D eigenvalue weighted by Crippen LogP contribution is -2.42. The highest BCUT2D eigenvalue weighted by atomic mass is 19.4. The van der Waals surface area contributed by atoms with Gasteiger partial charge in [0, 0.05) is 44.0 Å². The molecule has 1 saturated carbocycles. The number of likely N-dealkylation sites (tertiary alicyclic amines) is 1. The van der Waals surface area contributed by atoms with E-state index in [4.69, 9.17) is 0 Å². The van der Waals surface area contributed by atoms with Gasteiger partial charge in [0.05, 0.1) is 6.20 Å². The predicted octanol–water partition coefficient (Wildman–Crippen LogP) is 2.01. The fourth-order valence-electron chi connectivity index (χ4n) is 3.58. The fourth-order valence-corrected chi connectivity index (χ4v) is 3.58. The highest BCUT2D eigenvalue weighted by Crippen LogP contribution is 2.41. The second kappa shape index (κ2) is 6.38. The van der Waals surface area contributed by atoms with Gasteiger partial charge in [-0.1, -0.05) is 0 Å². The molecule has 3 rings (SSSR count). The molecular formula is C16H23F3N4O. The molecule has 1 aromatic rings. The molecule has 134 valence electrons. The fraction of sp³-hybridized carbons (Fsp3) is 0.750. The lowest BCUT2D eigenvalue weighted by molar-refractivity contribution is -0.154. The van der Waals surface area contributed by atoms with Crippen molar-refractivity contribution in [2.45, 2.75) is 44.9 Å². The summed E-state index contributed by atoms with van der Waals surface area (Å²) in [4.78, 5) is 13.9. The molecule has 0 spiro atoms. The Kier molecular flexibility index (Phi) is 4.59. The summed E-state index contributed by atoms with van der Waals surface area (Å²) in [5.74, 6) is -0.141. The zero-order valence-corrected chi connectivity index (χ0v) is 13.9. The van der Waals surface area contributed by atoms with E-state index in [2.05, 4.69) is 15.3 Å². The van der Waals surface area contributed by atoms with E-state index in [0.29, 0.717) is 19.0 Å². The van der Waals surface area contributed by atoms with E-state index >= 15 is 0 Å². The molecule has 2 heterocycles. The summed E-state index contributed by atoms with van der Waals surface area (Å²) in [7, 11) is 1.88. The molecule has 1 N–H and O–H groups in total. The molecule has 0 radical (unpaired) electrons. The second-order valence-electron chi connectivity index (χ2n) is 7.04. The molecule has 1 amide bonds. The van der Waals surface area contributed by atoms with Crippen LogP contribution >= 0.6 is 0 Å². The average molecular weight is 344 g/mol. The smallest absolute Gasteiger partial charge is 0.351 e. The first-order valence-corrected chi connectivity index (χ1v) is 8.29. The zero-order valence-electron chi connectivity index (χ0n) is 13.9. The number of hydrogen-bond donors (Lipinski definition) is 1. The van der Waals surface area contributed by atoms with Gasteiger partial charge in [0.25, 0.3) is 0 Å². The summed E-state index contributed by atoms with van der Waals surface area (Å²) in [5.41, 5.74) is 2.21. The Bertz CT molecular complexity index is 609. The van der Waals surface area contributed by atoms with E-state index in [1.807, 2.05) is 24.9 Å². The van der Waals surface area contributed by atoms with Gasteiger partial charge in [-0.15, -0.1) is 0 Å². The number of rotatable bonds is 5. The third kappa shape index (κ3) is 4.09. The third-order valence-electron chi connectivity index (χ3n) is 5.11. The lowest BCUT2D eigenvalue weighted by atomic mass is 9.98. The van der Waals surface area contributed by atoms with E-state index in [1.54, 1.807) is 0 Å². The first-order chi connectivity index (χ1) is 11.2. The standard InChI is InChI=1S/C16H23F3N4O/c1-10-12(6-20-22(10)2)7-23-8-13(11-3-4-11)14(9-23)21-15(24)5-16(17,18)19/h6,11,13-14H,3-5,7-9H2,1-2H3,(H,21,24)/t13-,14+/m0/s1. The molecule has 24 heavy (non-hydrogen) atoms. The molecule has 0 bridgehead atoms. The summed E-state index contributed by atoms with van der Waals surface area (Å²) < 4.78 is 38.9. The third-order valence-corrected chi connectivity index (χ3v) is 5.11. The molecule has 0 unspecified atom stereocenters. The molecule has 2 atom stereocenters. The van der Waals surface area contributed by atoms with E-state index < -0.39 is 18.5 Å². The number of nitrogens with zero attached hydrogens (tertiary/aromatic N) is 3. The van der Waals surface area contributed by atoms with Crippen LogP contribution in [0.4, 0.5) is 13.2 Å². The van der Waals surface area contributed by atoms with Crippen molar-refractivity contribution < 1.29 is 18.0 Å². The Morgan fingerprint density at radius 3 is 2.62 bits per heavy atom. The van der Waals surface area contributed by atoms with Crippen LogP contribution in [-0.4, -0.2) is 45.9 Å². The first kappa shape index (κ1) is 17.3.